The third-order valence-electron chi connectivity index (χ3n) is 7.34. The maximum absolute atomic E-state index is 14.2. The maximum Gasteiger partial charge on any atom is 0.261 e. The number of aryl methyl sites for hydroxylation is 1. The highest BCUT2D eigenvalue weighted by Crippen LogP contribution is 2.28. The van der Waals surface area contributed by atoms with Gasteiger partial charge in [-0.15, -0.1) is 0 Å². The lowest BCUT2D eigenvalue weighted by atomic mass is 9.88. The van der Waals surface area contributed by atoms with Crippen molar-refractivity contribution in [1.82, 2.24) is 20.7 Å². The minimum Gasteiger partial charge on any atom is -0.332 e. The maximum atomic E-state index is 14.2. The summed E-state index contributed by atoms with van der Waals surface area (Å²) in [5.74, 6) is -1.67. The molecule has 4 N–H and O–H groups in total. The zero-order chi connectivity index (χ0) is 30.9. The molecule has 0 saturated heterocycles. The quantitative estimate of drug-likeness (QED) is 0.281. The Balaban J connectivity index is 1.93. The fraction of sp³-hybridized carbons (Fsp3) is 0.394. The summed E-state index contributed by atoms with van der Waals surface area (Å²) >= 11 is 0. The van der Waals surface area contributed by atoms with E-state index in [1.165, 1.54) is 28.4 Å². The summed E-state index contributed by atoms with van der Waals surface area (Å²) in [6, 6.07) is 15.7. The predicted molar refractivity (Wildman–Crippen MR) is 165 cm³/mol. The number of nitrogens with two attached hydrogens (primary N) is 1. The van der Waals surface area contributed by atoms with Gasteiger partial charge in [-0.1, -0.05) is 72.3 Å². The predicted octanol–water partition coefficient (Wildman–Crippen LogP) is 3.15. The molecule has 2 aromatic rings. The van der Waals surface area contributed by atoms with E-state index in [-0.39, 0.29) is 18.2 Å². The van der Waals surface area contributed by atoms with Crippen molar-refractivity contribution >= 4 is 29.7 Å². The molecule has 2 atom stereocenters. The molecule has 0 bridgehead atoms. The van der Waals surface area contributed by atoms with Crippen LogP contribution in [0.25, 0.3) is 6.08 Å². The van der Waals surface area contributed by atoms with Crippen molar-refractivity contribution in [2.45, 2.75) is 70.5 Å². The van der Waals surface area contributed by atoms with Crippen LogP contribution in [0.15, 0.2) is 72.3 Å². The number of rotatable bonds is 11. The summed E-state index contributed by atoms with van der Waals surface area (Å²) < 4.78 is 0. The fourth-order valence-corrected chi connectivity index (χ4v) is 4.89. The van der Waals surface area contributed by atoms with E-state index in [9.17, 15) is 19.2 Å². The number of benzene rings is 2. The fourth-order valence-electron chi connectivity index (χ4n) is 4.89. The van der Waals surface area contributed by atoms with Crippen LogP contribution in [0.5, 0.6) is 0 Å². The number of hydrogen-bond donors (Lipinski definition) is 3. The first-order valence-electron chi connectivity index (χ1n) is 14.2. The van der Waals surface area contributed by atoms with Crippen molar-refractivity contribution in [2.75, 3.05) is 14.1 Å². The Kier molecular flexibility index (Phi) is 11.2. The number of likely N-dealkylation sites (N-methyl/N-ethyl adjacent to an activating group) is 2. The van der Waals surface area contributed by atoms with Crippen LogP contribution in [0.4, 0.5) is 0 Å². The molecule has 0 aromatic heterocycles. The van der Waals surface area contributed by atoms with Gasteiger partial charge in [-0.3, -0.25) is 30.0 Å². The van der Waals surface area contributed by atoms with Gasteiger partial charge in [0, 0.05) is 33.0 Å². The van der Waals surface area contributed by atoms with Gasteiger partial charge in [0.2, 0.25) is 17.7 Å². The van der Waals surface area contributed by atoms with Gasteiger partial charge in [-0.25, -0.2) is 0 Å². The minimum atomic E-state index is -0.938. The molecule has 9 heteroatoms. The number of carbonyl (C=O) groups excluding carboxylic acids is 4. The Bertz CT molecular complexity index is 1330. The van der Waals surface area contributed by atoms with E-state index in [1.54, 1.807) is 20.2 Å². The first kappa shape index (κ1) is 32.3. The minimum absolute atomic E-state index is 0.223. The van der Waals surface area contributed by atoms with Crippen LogP contribution in [0.1, 0.15) is 56.7 Å². The summed E-state index contributed by atoms with van der Waals surface area (Å²) in [6.07, 6.45) is 7.91. The van der Waals surface area contributed by atoms with Crippen LogP contribution in [0.2, 0.25) is 0 Å². The molecular formula is C33H43N5O4. The molecule has 1 aliphatic carbocycles. The molecule has 224 valence electrons. The molecule has 0 radical (unpaired) electrons. The normalized spacial score (nSPS) is 14.3. The molecule has 0 unspecified atom stereocenters. The number of hydrogen-bond acceptors (Lipinski definition) is 5. The number of hydrazine groups is 1. The van der Waals surface area contributed by atoms with Gasteiger partial charge in [0.1, 0.15) is 12.1 Å². The molecule has 0 heterocycles. The number of carbonyl (C=O) groups is 4. The van der Waals surface area contributed by atoms with Crippen molar-refractivity contribution in [3.63, 3.8) is 0 Å². The van der Waals surface area contributed by atoms with E-state index in [1.807, 2.05) is 62.4 Å². The monoisotopic (exact) mass is 573 g/mol. The van der Waals surface area contributed by atoms with Crippen LogP contribution in [-0.2, 0) is 32.0 Å². The summed E-state index contributed by atoms with van der Waals surface area (Å²) in [7, 11) is 3.17. The van der Waals surface area contributed by atoms with Crippen molar-refractivity contribution in [3.8, 4) is 0 Å². The smallest absolute Gasteiger partial charge is 0.261 e. The number of nitrogens with zero attached hydrogens (tertiary/aromatic N) is 2. The molecule has 0 aliphatic heterocycles. The van der Waals surface area contributed by atoms with Crippen molar-refractivity contribution in [1.29, 1.82) is 0 Å². The highest BCUT2D eigenvalue weighted by Gasteiger charge is 2.35. The first-order valence-corrected chi connectivity index (χ1v) is 14.2. The second kappa shape index (κ2) is 14.6. The molecular weight excluding hydrogens is 530 g/mol. The second-order valence-electron chi connectivity index (χ2n) is 11.6. The van der Waals surface area contributed by atoms with Crippen molar-refractivity contribution in [2.24, 2.45) is 5.73 Å². The van der Waals surface area contributed by atoms with Crippen LogP contribution >= 0.6 is 0 Å². The molecule has 0 spiro atoms. The Hall–Kier alpha value is -4.24. The Labute approximate surface area is 248 Å². The molecule has 4 amide bonds. The van der Waals surface area contributed by atoms with Crippen LogP contribution in [0.3, 0.4) is 0 Å². The van der Waals surface area contributed by atoms with Crippen LogP contribution in [-0.4, -0.2) is 65.1 Å². The highest BCUT2D eigenvalue weighted by atomic mass is 16.2. The number of nitrogens with one attached hydrogen (secondary N) is 2. The third-order valence-corrected chi connectivity index (χ3v) is 7.34. The van der Waals surface area contributed by atoms with Gasteiger partial charge >= 0.3 is 0 Å². The molecule has 9 nitrogen and oxygen atoms in total. The lowest BCUT2D eigenvalue weighted by Crippen LogP contribution is -2.57. The topological polar surface area (TPSA) is 125 Å². The average Bonchev–Trinajstić information content (AvgIpc) is 2.96. The summed E-state index contributed by atoms with van der Waals surface area (Å²) in [5.41, 5.74) is 14.6. The lowest BCUT2D eigenvalue weighted by Gasteiger charge is -2.35. The zero-order valence-corrected chi connectivity index (χ0v) is 25.2. The van der Waals surface area contributed by atoms with Crippen LogP contribution in [0, 0.1) is 0 Å². The summed E-state index contributed by atoms with van der Waals surface area (Å²) in [6.45, 7) is 5.03. The third kappa shape index (κ3) is 9.41. The van der Waals surface area contributed by atoms with Gasteiger partial charge in [-0.05, 0) is 62.3 Å². The molecule has 3 rings (SSSR count). The number of amides is 4. The SMILES string of the molecule is CC(=O)NNC(=O)[C@@H](Cc1ccccc1)N(C)C(=O)[C@@H](CC1=Cc2ccccc2CC1)N(C)C(=O)/C=C/CC(C)(C)N. The summed E-state index contributed by atoms with van der Waals surface area (Å²) in [5, 5.41) is 0. The second-order valence-corrected chi connectivity index (χ2v) is 11.6. The van der Waals surface area contributed by atoms with Gasteiger partial charge in [0.05, 0.1) is 0 Å². The molecule has 1 aliphatic rings. The van der Waals surface area contributed by atoms with Gasteiger partial charge in [0.25, 0.3) is 5.91 Å². The molecule has 2 aromatic carbocycles. The summed E-state index contributed by atoms with van der Waals surface area (Å²) in [4.78, 5) is 55.1. The Morgan fingerprint density at radius 3 is 2.24 bits per heavy atom. The van der Waals surface area contributed by atoms with Gasteiger partial charge in [0.15, 0.2) is 0 Å². The zero-order valence-electron chi connectivity index (χ0n) is 25.2. The van der Waals surface area contributed by atoms with E-state index in [4.69, 9.17) is 5.73 Å². The van der Waals surface area contributed by atoms with Crippen LogP contribution < -0.4 is 16.6 Å². The van der Waals surface area contributed by atoms with E-state index in [0.717, 1.165) is 29.5 Å². The molecule has 0 fully saturated rings. The van der Waals surface area contributed by atoms with E-state index < -0.39 is 29.4 Å². The largest absolute Gasteiger partial charge is 0.332 e. The molecule has 42 heavy (non-hydrogen) atoms. The van der Waals surface area contributed by atoms with Gasteiger partial charge < -0.3 is 15.5 Å². The van der Waals surface area contributed by atoms with Crippen molar-refractivity contribution < 1.29 is 19.2 Å². The lowest BCUT2D eigenvalue weighted by molar-refractivity contribution is -0.146. The van der Waals surface area contributed by atoms with E-state index in [0.29, 0.717) is 12.8 Å². The molecule has 0 saturated carbocycles. The number of fused-ring (bicyclic) bond motifs is 1. The standard InChI is InChI=1S/C33H43N5O4/c1-23(39)35-36-31(41)28(21-24-12-7-6-8-13-24)38(5)32(42)29(37(4)30(40)16-11-19-33(2,3)34)22-25-17-18-26-14-9-10-15-27(26)20-25/h6-16,20,28-29H,17-19,21-22,34H2,1-5H3,(H,35,39)(H,36,41)/b16-11+/t28-,29-/m1/s1. The first-order chi connectivity index (χ1) is 19.9. The Morgan fingerprint density at radius 2 is 1.57 bits per heavy atom. The van der Waals surface area contributed by atoms with E-state index in [2.05, 4.69) is 23.0 Å². The Morgan fingerprint density at radius 1 is 0.905 bits per heavy atom. The van der Waals surface area contributed by atoms with Gasteiger partial charge in [-0.2, -0.15) is 0 Å². The van der Waals surface area contributed by atoms with Crippen molar-refractivity contribution in [3.05, 3.63) is 89.0 Å². The average molecular weight is 574 g/mol. The highest BCUT2D eigenvalue weighted by molar-refractivity contribution is 5.95. The van der Waals surface area contributed by atoms with E-state index >= 15 is 0 Å².